The molecule has 0 aromatic heterocycles. The van der Waals surface area contributed by atoms with Crippen LogP contribution in [0.4, 0.5) is 0 Å². The Labute approximate surface area is 198 Å². The van der Waals surface area contributed by atoms with Crippen LogP contribution < -0.4 is 5.32 Å². The standard InChI is InChI=1S/C25H32BrNO5/c1-14-19(27-15(2)28)13-18(16-9-11-17(26)12-10-16)21(23(30)32-25(6,7)8)20(14)22(29)31-24(3,4)5/h9-14,19H,1-8H3,(H,27,28)/t14-,19-/m0/s1. The minimum atomic E-state index is -0.759. The van der Waals surface area contributed by atoms with Crippen LogP contribution in [0.25, 0.3) is 5.57 Å². The number of carbonyl (C=O) groups is 3. The highest BCUT2D eigenvalue weighted by Crippen LogP contribution is 2.38. The van der Waals surface area contributed by atoms with E-state index in [0.29, 0.717) is 5.57 Å². The molecule has 2 atom stereocenters. The number of rotatable bonds is 4. The van der Waals surface area contributed by atoms with Crippen LogP contribution in [0.3, 0.4) is 0 Å². The minimum absolute atomic E-state index is 0.158. The van der Waals surface area contributed by atoms with Crippen LogP contribution in [-0.4, -0.2) is 35.1 Å². The van der Waals surface area contributed by atoms with Gasteiger partial charge in [-0.1, -0.05) is 41.1 Å². The van der Waals surface area contributed by atoms with Crippen molar-refractivity contribution in [1.29, 1.82) is 0 Å². The third kappa shape index (κ3) is 6.79. The fourth-order valence-corrected chi connectivity index (χ4v) is 3.67. The predicted molar refractivity (Wildman–Crippen MR) is 128 cm³/mol. The minimum Gasteiger partial charge on any atom is -0.457 e. The summed E-state index contributed by atoms with van der Waals surface area (Å²) in [5.41, 5.74) is 0.0671. The number of ether oxygens (including phenoxy) is 2. The maximum atomic E-state index is 13.4. The zero-order valence-electron chi connectivity index (χ0n) is 20.0. The second-order valence-electron chi connectivity index (χ2n) is 9.89. The van der Waals surface area contributed by atoms with Gasteiger partial charge >= 0.3 is 11.9 Å². The van der Waals surface area contributed by atoms with Crippen LogP contribution in [0, 0.1) is 5.92 Å². The van der Waals surface area contributed by atoms with E-state index in [2.05, 4.69) is 21.2 Å². The van der Waals surface area contributed by atoms with Crippen LogP contribution in [0.2, 0.25) is 0 Å². The molecule has 1 N–H and O–H groups in total. The average Bonchev–Trinajstić information content (AvgIpc) is 2.60. The van der Waals surface area contributed by atoms with Crippen LogP contribution in [0.5, 0.6) is 0 Å². The summed E-state index contributed by atoms with van der Waals surface area (Å²) < 4.78 is 12.2. The molecule has 2 rings (SSSR count). The number of nitrogens with one attached hydrogen (secondary N) is 1. The molecule has 1 aliphatic rings. The number of amides is 1. The van der Waals surface area contributed by atoms with Gasteiger partial charge in [0.1, 0.15) is 11.2 Å². The zero-order chi connectivity index (χ0) is 24.4. The van der Waals surface area contributed by atoms with Crippen molar-refractivity contribution in [2.75, 3.05) is 0 Å². The predicted octanol–water partition coefficient (Wildman–Crippen LogP) is 4.97. The van der Waals surface area contributed by atoms with Gasteiger partial charge in [0.05, 0.1) is 17.2 Å². The highest BCUT2D eigenvalue weighted by atomic mass is 79.9. The first-order chi connectivity index (χ1) is 14.6. The number of hydrogen-bond acceptors (Lipinski definition) is 5. The summed E-state index contributed by atoms with van der Waals surface area (Å²) in [6.07, 6.45) is 1.81. The third-order valence-corrected chi connectivity index (χ3v) is 5.15. The summed E-state index contributed by atoms with van der Waals surface area (Å²) in [6, 6.07) is 6.88. The van der Waals surface area contributed by atoms with E-state index in [1.807, 2.05) is 30.3 Å². The lowest BCUT2D eigenvalue weighted by atomic mass is 9.78. The van der Waals surface area contributed by atoms with Gasteiger partial charge in [0.15, 0.2) is 0 Å². The molecule has 0 bridgehead atoms. The van der Waals surface area contributed by atoms with Gasteiger partial charge in [-0.3, -0.25) is 4.79 Å². The molecule has 1 aliphatic carbocycles. The molecule has 0 unspecified atom stereocenters. The molecule has 1 amide bonds. The van der Waals surface area contributed by atoms with Crippen molar-refractivity contribution < 1.29 is 23.9 Å². The van der Waals surface area contributed by atoms with Gasteiger partial charge in [0.2, 0.25) is 5.91 Å². The van der Waals surface area contributed by atoms with Gasteiger partial charge in [-0.25, -0.2) is 9.59 Å². The molecule has 0 saturated heterocycles. The lowest BCUT2D eigenvalue weighted by molar-refractivity contribution is -0.153. The maximum absolute atomic E-state index is 13.4. The SMILES string of the molecule is CC(=O)N[C@H]1C=C(c2ccc(Br)cc2)C(C(=O)OC(C)(C)C)=C(C(=O)OC(C)(C)C)[C@H]1C. The van der Waals surface area contributed by atoms with Crippen molar-refractivity contribution in [3.05, 3.63) is 51.5 Å². The van der Waals surface area contributed by atoms with E-state index < -0.39 is 35.1 Å². The molecule has 0 spiro atoms. The number of esters is 2. The lowest BCUT2D eigenvalue weighted by Crippen LogP contribution is -2.43. The number of carbonyl (C=O) groups excluding carboxylic acids is 3. The van der Waals surface area contributed by atoms with E-state index in [1.54, 1.807) is 48.5 Å². The van der Waals surface area contributed by atoms with Crippen molar-refractivity contribution in [3.8, 4) is 0 Å². The second-order valence-corrected chi connectivity index (χ2v) is 10.8. The van der Waals surface area contributed by atoms with Crippen molar-refractivity contribution in [2.24, 2.45) is 5.92 Å². The van der Waals surface area contributed by atoms with Gasteiger partial charge in [-0.05, 0) is 64.8 Å². The highest BCUT2D eigenvalue weighted by Gasteiger charge is 2.40. The van der Waals surface area contributed by atoms with E-state index in [9.17, 15) is 14.4 Å². The molecular formula is C25H32BrNO5. The Bertz CT molecular complexity index is 962. The van der Waals surface area contributed by atoms with Crippen molar-refractivity contribution in [2.45, 2.75) is 72.6 Å². The fourth-order valence-electron chi connectivity index (χ4n) is 3.40. The van der Waals surface area contributed by atoms with Crippen LogP contribution >= 0.6 is 15.9 Å². The molecule has 0 radical (unpaired) electrons. The van der Waals surface area contributed by atoms with Crippen molar-refractivity contribution >= 4 is 39.3 Å². The topological polar surface area (TPSA) is 81.7 Å². The monoisotopic (exact) mass is 505 g/mol. The summed E-state index contributed by atoms with van der Waals surface area (Å²) in [7, 11) is 0. The van der Waals surface area contributed by atoms with Gasteiger partial charge in [-0.2, -0.15) is 0 Å². The molecular weight excluding hydrogens is 474 g/mol. The van der Waals surface area contributed by atoms with Crippen molar-refractivity contribution in [3.63, 3.8) is 0 Å². The Kier molecular flexibility index (Phi) is 7.76. The molecule has 0 aliphatic heterocycles. The van der Waals surface area contributed by atoms with E-state index >= 15 is 0 Å². The lowest BCUT2D eigenvalue weighted by Gasteiger charge is -2.33. The Morgan fingerprint density at radius 1 is 0.906 bits per heavy atom. The van der Waals surface area contributed by atoms with Gasteiger partial charge in [-0.15, -0.1) is 0 Å². The van der Waals surface area contributed by atoms with Gasteiger partial charge in [0, 0.05) is 17.3 Å². The fraction of sp³-hybridized carbons (Fsp3) is 0.480. The molecule has 32 heavy (non-hydrogen) atoms. The molecule has 1 aromatic rings. The van der Waals surface area contributed by atoms with Crippen LogP contribution in [-0.2, 0) is 23.9 Å². The Balaban J connectivity index is 2.77. The van der Waals surface area contributed by atoms with E-state index in [1.165, 1.54) is 6.92 Å². The Morgan fingerprint density at radius 2 is 1.41 bits per heavy atom. The van der Waals surface area contributed by atoms with Gasteiger partial charge in [0.25, 0.3) is 0 Å². The number of hydrogen-bond donors (Lipinski definition) is 1. The van der Waals surface area contributed by atoms with E-state index in [4.69, 9.17) is 9.47 Å². The Hall–Kier alpha value is -2.41. The van der Waals surface area contributed by atoms with Crippen LogP contribution in [0.15, 0.2) is 46.0 Å². The van der Waals surface area contributed by atoms with E-state index in [0.717, 1.165) is 10.0 Å². The third-order valence-electron chi connectivity index (χ3n) is 4.63. The quantitative estimate of drug-likeness (QED) is 0.584. The van der Waals surface area contributed by atoms with E-state index in [-0.39, 0.29) is 17.1 Å². The van der Waals surface area contributed by atoms with Crippen LogP contribution in [0.1, 0.15) is 61.0 Å². The summed E-state index contributed by atoms with van der Waals surface area (Å²) in [5.74, 6) is -1.96. The largest absolute Gasteiger partial charge is 0.457 e. The summed E-state index contributed by atoms with van der Waals surface area (Å²) >= 11 is 3.42. The normalized spacial score (nSPS) is 19.2. The summed E-state index contributed by atoms with van der Waals surface area (Å²) in [5, 5.41) is 2.88. The molecule has 174 valence electrons. The number of benzene rings is 1. The average molecular weight is 506 g/mol. The maximum Gasteiger partial charge on any atom is 0.339 e. The molecule has 0 saturated carbocycles. The summed E-state index contributed by atoms with van der Waals surface area (Å²) in [4.78, 5) is 38.6. The first kappa shape index (κ1) is 25.8. The molecule has 6 nitrogen and oxygen atoms in total. The smallest absolute Gasteiger partial charge is 0.339 e. The molecule has 7 heteroatoms. The molecule has 1 aromatic carbocycles. The Morgan fingerprint density at radius 3 is 1.88 bits per heavy atom. The summed E-state index contributed by atoms with van der Waals surface area (Å²) in [6.45, 7) is 13.8. The molecule has 0 heterocycles. The van der Waals surface area contributed by atoms with Gasteiger partial charge < -0.3 is 14.8 Å². The highest BCUT2D eigenvalue weighted by molar-refractivity contribution is 9.10. The molecule has 0 fully saturated rings. The number of halogens is 1. The first-order valence-corrected chi connectivity index (χ1v) is 11.3. The zero-order valence-corrected chi connectivity index (χ0v) is 21.5. The van der Waals surface area contributed by atoms with Crippen molar-refractivity contribution in [1.82, 2.24) is 5.32 Å². The first-order valence-electron chi connectivity index (χ1n) is 10.5. The second kappa shape index (κ2) is 9.61.